The highest BCUT2D eigenvalue weighted by molar-refractivity contribution is 6.21. The molecule has 2 aromatic rings. The minimum absolute atomic E-state index is 0.0295. The van der Waals surface area contributed by atoms with Crippen molar-refractivity contribution in [3.05, 3.63) is 64.7 Å². The number of benzene rings is 2. The maximum atomic E-state index is 12.7. The van der Waals surface area contributed by atoms with E-state index in [0.717, 1.165) is 6.42 Å². The summed E-state index contributed by atoms with van der Waals surface area (Å²) in [7, 11) is 0. The van der Waals surface area contributed by atoms with Gasteiger partial charge in [0.15, 0.2) is 0 Å². The fourth-order valence-corrected chi connectivity index (χ4v) is 3.10. The van der Waals surface area contributed by atoms with Crippen LogP contribution in [0.1, 0.15) is 63.8 Å². The number of carbonyl (C=O) groups is 3. The summed E-state index contributed by atoms with van der Waals surface area (Å²) in [5.74, 6) is -0.392. The van der Waals surface area contributed by atoms with E-state index in [9.17, 15) is 14.4 Å². The first-order valence-electron chi connectivity index (χ1n) is 9.48. The van der Waals surface area contributed by atoms with Crippen LogP contribution >= 0.6 is 0 Å². The third-order valence-corrected chi connectivity index (χ3v) is 4.80. The molecule has 0 spiro atoms. The number of nitrogens with one attached hydrogen (secondary N) is 1. The van der Waals surface area contributed by atoms with Gasteiger partial charge in [0.05, 0.1) is 29.8 Å². The van der Waals surface area contributed by atoms with E-state index in [0.29, 0.717) is 34.6 Å². The van der Waals surface area contributed by atoms with Crippen molar-refractivity contribution in [2.75, 3.05) is 6.61 Å². The minimum Gasteiger partial charge on any atom is -0.493 e. The predicted octanol–water partition coefficient (Wildman–Crippen LogP) is 3.41. The summed E-state index contributed by atoms with van der Waals surface area (Å²) in [4.78, 5) is 39.0. The van der Waals surface area contributed by atoms with Crippen LogP contribution in [0.3, 0.4) is 0 Å². The Bertz CT molecular complexity index is 888. The van der Waals surface area contributed by atoms with Gasteiger partial charge in [-0.15, -0.1) is 0 Å². The van der Waals surface area contributed by atoms with Crippen molar-refractivity contribution < 1.29 is 19.1 Å². The molecular weight excluding hydrogens is 356 g/mol. The van der Waals surface area contributed by atoms with E-state index in [1.54, 1.807) is 42.5 Å². The lowest BCUT2D eigenvalue weighted by Crippen LogP contribution is -2.32. The zero-order valence-electron chi connectivity index (χ0n) is 16.3. The Hall–Kier alpha value is -3.15. The molecule has 0 radical (unpaired) electrons. The molecule has 6 heteroatoms. The van der Waals surface area contributed by atoms with Crippen LogP contribution in [-0.2, 0) is 6.54 Å². The Kier molecular flexibility index (Phi) is 5.78. The van der Waals surface area contributed by atoms with Crippen LogP contribution < -0.4 is 10.1 Å². The molecule has 0 aromatic heterocycles. The van der Waals surface area contributed by atoms with Gasteiger partial charge in [-0.1, -0.05) is 25.1 Å². The van der Waals surface area contributed by atoms with Crippen molar-refractivity contribution in [3.8, 4) is 5.75 Å². The first-order valence-corrected chi connectivity index (χ1v) is 9.48. The molecule has 1 atom stereocenters. The van der Waals surface area contributed by atoms with Gasteiger partial charge in [0, 0.05) is 6.04 Å². The second-order valence-corrected chi connectivity index (χ2v) is 6.79. The summed E-state index contributed by atoms with van der Waals surface area (Å²) in [6.07, 6.45) is 0.810. The number of amides is 3. The molecule has 1 aliphatic rings. The summed E-state index contributed by atoms with van der Waals surface area (Å²) < 4.78 is 5.58. The predicted molar refractivity (Wildman–Crippen MR) is 105 cm³/mol. The van der Waals surface area contributed by atoms with Crippen molar-refractivity contribution in [2.45, 2.75) is 39.8 Å². The van der Waals surface area contributed by atoms with Crippen molar-refractivity contribution in [2.24, 2.45) is 0 Å². The van der Waals surface area contributed by atoms with Gasteiger partial charge in [-0.3, -0.25) is 19.3 Å². The molecule has 0 saturated heterocycles. The number of rotatable bonds is 7. The number of imide groups is 1. The molecular formula is C22H24N2O4. The van der Waals surface area contributed by atoms with Gasteiger partial charge >= 0.3 is 0 Å². The fourth-order valence-electron chi connectivity index (χ4n) is 3.10. The molecule has 0 bridgehead atoms. The molecule has 0 aliphatic carbocycles. The zero-order valence-corrected chi connectivity index (χ0v) is 16.3. The summed E-state index contributed by atoms with van der Waals surface area (Å²) in [6.45, 7) is 6.31. The summed E-state index contributed by atoms with van der Waals surface area (Å²) in [5.41, 5.74) is 1.91. The van der Waals surface area contributed by atoms with Gasteiger partial charge in [0.1, 0.15) is 5.75 Å². The van der Waals surface area contributed by atoms with Crippen LogP contribution in [0.4, 0.5) is 0 Å². The normalized spacial score (nSPS) is 14.0. The smallest absolute Gasteiger partial charge is 0.261 e. The van der Waals surface area contributed by atoms with Crippen LogP contribution in [0.2, 0.25) is 0 Å². The molecule has 146 valence electrons. The number of hydrogen-bond donors (Lipinski definition) is 1. The van der Waals surface area contributed by atoms with E-state index >= 15 is 0 Å². The molecule has 1 aliphatic heterocycles. The molecule has 1 unspecified atom stereocenters. The molecule has 28 heavy (non-hydrogen) atoms. The third-order valence-electron chi connectivity index (χ3n) is 4.80. The number of fused-ring (bicyclic) bond motifs is 1. The Balaban J connectivity index is 1.87. The highest BCUT2D eigenvalue weighted by atomic mass is 16.5. The van der Waals surface area contributed by atoms with Crippen LogP contribution in [0, 0.1) is 0 Å². The first-order chi connectivity index (χ1) is 13.5. The van der Waals surface area contributed by atoms with E-state index in [1.165, 1.54) is 4.90 Å². The van der Waals surface area contributed by atoms with Crippen LogP contribution in [-0.4, -0.2) is 35.3 Å². The average molecular weight is 380 g/mol. The van der Waals surface area contributed by atoms with Crippen molar-refractivity contribution in [3.63, 3.8) is 0 Å². The number of hydrogen-bond acceptors (Lipinski definition) is 4. The topological polar surface area (TPSA) is 75.7 Å². The lowest BCUT2D eigenvalue weighted by molar-refractivity contribution is 0.0642. The molecule has 3 amide bonds. The molecule has 3 rings (SSSR count). The maximum absolute atomic E-state index is 12.7. The number of nitrogens with zero attached hydrogens (tertiary/aromatic N) is 1. The lowest BCUT2D eigenvalue weighted by atomic mass is 10.1. The second kappa shape index (κ2) is 8.25. The Labute approximate surface area is 164 Å². The van der Waals surface area contributed by atoms with Gasteiger partial charge in [-0.05, 0) is 50.1 Å². The monoisotopic (exact) mass is 380 g/mol. The molecule has 0 fully saturated rings. The summed E-state index contributed by atoms with van der Waals surface area (Å²) in [5, 5.41) is 2.93. The second-order valence-electron chi connectivity index (χ2n) is 6.79. The molecule has 1 N–H and O–H groups in total. The van der Waals surface area contributed by atoms with E-state index < -0.39 is 0 Å². The Morgan fingerprint density at radius 2 is 1.71 bits per heavy atom. The Morgan fingerprint density at radius 1 is 1.07 bits per heavy atom. The molecule has 1 heterocycles. The van der Waals surface area contributed by atoms with Crippen molar-refractivity contribution in [1.82, 2.24) is 10.2 Å². The van der Waals surface area contributed by atoms with Crippen LogP contribution in [0.15, 0.2) is 42.5 Å². The van der Waals surface area contributed by atoms with Gasteiger partial charge in [-0.2, -0.15) is 0 Å². The third kappa shape index (κ3) is 3.76. The number of ether oxygens (including phenoxy) is 1. The average Bonchev–Trinajstić information content (AvgIpc) is 2.94. The van der Waals surface area contributed by atoms with Gasteiger partial charge < -0.3 is 10.1 Å². The van der Waals surface area contributed by atoms with Gasteiger partial charge in [-0.25, -0.2) is 0 Å². The van der Waals surface area contributed by atoms with E-state index in [1.807, 2.05) is 20.8 Å². The number of carbonyl (C=O) groups excluding carboxylic acids is 3. The van der Waals surface area contributed by atoms with E-state index in [-0.39, 0.29) is 30.3 Å². The SMILES string of the molecule is CCOc1ccc(CN2C(=O)c3ccccc3C2=O)cc1C(=O)NC(C)CC. The highest BCUT2D eigenvalue weighted by Crippen LogP contribution is 2.26. The fraction of sp³-hybridized carbons (Fsp3) is 0.318. The van der Waals surface area contributed by atoms with Gasteiger partial charge in [0.25, 0.3) is 17.7 Å². The lowest BCUT2D eigenvalue weighted by Gasteiger charge is -2.17. The molecule has 0 saturated carbocycles. The van der Waals surface area contributed by atoms with Crippen LogP contribution in [0.5, 0.6) is 5.75 Å². The molecule has 2 aromatic carbocycles. The first kappa shape index (κ1) is 19.6. The zero-order chi connectivity index (χ0) is 20.3. The summed E-state index contributed by atoms with van der Waals surface area (Å²) >= 11 is 0. The standard InChI is InChI=1S/C22H24N2O4/c1-4-14(3)23-20(25)18-12-15(10-11-19(18)28-5-2)13-24-21(26)16-8-6-7-9-17(16)22(24)27/h6-12,14H,4-5,13H2,1-3H3,(H,23,25). The Morgan fingerprint density at radius 3 is 2.29 bits per heavy atom. The van der Waals surface area contributed by atoms with E-state index in [2.05, 4.69) is 5.32 Å². The van der Waals surface area contributed by atoms with E-state index in [4.69, 9.17) is 4.74 Å². The highest BCUT2D eigenvalue weighted by Gasteiger charge is 2.35. The maximum Gasteiger partial charge on any atom is 0.261 e. The molecule has 6 nitrogen and oxygen atoms in total. The van der Waals surface area contributed by atoms with Gasteiger partial charge in [0.2, 0.25) is 0 Å². The van der Waals surface area contributed by atoms with Crippen molar-refractivity contribution >= 4 is 17.7 Å². The van der Waals surface area contributed by atoms with Crippen molar-refractivity contribution in [1.29, 1.82) is 0 Å². The summed E-state index contributed by atoms with van der Waals surface area (Å²) in [6, 6.07) is 12.0. The quantitative estimate of drug-likeness (QED) is 0.747. The minimum atomic E-state index is -0.319. The largest absolute Gasteiger partial charge is 0.493 e. The van der Waals surface area contributed by atoms with Crippen LogP contribution in [0.25, 0.3) is 0 Å².